The fourth-order valence-electron chi connectivity index (χ4n) is 1.37. The molecule has 18 heavy (non-hydrogen) atoms. The second-order valence-corrected chi connectivity index (χ2v) is 5.92. The maximum absolute atomic E-state index is 12.2. The molecule has 0 N–H and O–H groups in total. The molecule has 2 aromatic rings. The first kappa shape index (κ1) is 13.0. The second kappa shape index (κ2) is 5.96. The molecular weight excluding hydrogens is 282 g/mol. The normalized spacial score (nSPS) is 14.1. The Hall–Kier alpha value is -1.41. The molecule has 96 valence electrons. The van der Waals surface area contributed by atoms with E-state index in [1.54, 1.807) is 12.1 Å². The zero-order valence-corrected chi connectivity index (χ0v) is 10.6. The van der Waals surface area contributed by atoms with E-state index in [0.717, 1.165) is 17.6 Å². The van der Waals surface area contributed by atoms with Crippen molar-refractivity contribution >= 4 is 22.3 Å². The van der Waals surface area contributed by atoms with Gasteiger partial charge in [0.1, 0.15) is 15.2 Å². The molecule has 0 aliphatic heterocycles. The van der Waals surface area contributed by atoms with E-state index < -0.39 is 22.1 Å². The van der Waals surface area contributed by atoms with E-state index in [9.17, 15) is 13.0 Å². The van der Waals surface area contributed by atoms with Crippen LogP contribution in [0.1, 0.15) is 17.4 Å². The quantitative estimate of drug-likeness (QED) is 0.848. The maximum Gasteiger partial charge on any atom is 0.266 e. The fraction of sp³-hybridized carbons (Fsp3) is 0.200. The van der Waals surface area contributed by atoms with E-state index in [2.05, 4.69) is 9.59 Å². The van der Waals surface area contributed by atoms with Gasteiger partial charge in [-0.25, -0.2) is 0 Å². The average molecular weight is 290 g/mol. The maximum atomic E-state index is 12.2. The first-order valence-corrected chi connectivity index (χ1v) is 6.89. The summed E-state index contributed by atoms with van der Waals surface area (Å²) in [5, 5.41) is 2.92. The van der Waals surface area contributed by atoms with Crippen LogP contribution in [0.4, 0.5) is 8.78 Å². The molecule has 0 saturated heterocycles. The molecule has 0 radical (unpaired) electrons. The summed E-state index contributed by atoms with van der Waals surface area (Å²) in [4.78, 5) is 0. The van der Waals surface area contributed by atoms with Crippen molar-refractivity contribution < 1.29 is 17.4 Å². The van der Waals surface area contributed by atoms with E-state index >= 15 is 0 Å². The monoisotopic (exact) mass is 290 g/mol. The van der Waals surface area contributed by atoms with Gasteiger partial charge in [0.05, 0.1) is 23.3 Å². The number of rotatable bonds is 5. The highest BCUT2D eigenvalue weighted by Gasteiger charge is 2.24. The fourth-order valence-corrected chi connectivity index (χ4v) is 3.43. The lowest BCUT2D eigenvalue weighted by atomic mass is 10.2. The molecule has 0 aliphatic rings. The number of furan rings is 1. The van der Waals surface area contributed by atoms with Crippen molar-refractivity contribution in [2.75, 3.05) is 0 Å². The average Bonchev–Trinajstić information content (AvgIpc) is 3.01. The molecule has 0 saturated carbocycles. The molecule has 2 unspecified atom stereocenters. The molecule has 0 fully saturated rings. The van der Waals surface area contributed by atoms with Crippen LogP contribution in [0.25, 0.3) is 0 Å². The smallest absolute Gasteiger partial charge is 0.266 e. The van der Waals surface area contributed by atoms with Gasteiger partial charge in [0, 0.05) is 0 Å². The number of halogens is 2. The number of allylic oxidation sites excluding steroid dienone is 1. The van der Waals surface area contributed by atoms with Gasteiger partial charge in [-0.1, -0.05) is 4.49 Å². The van der Waals surface area contributed by atoms with Crippen LogP contribution in [0.15, 0.2) is 45.4 Å². The summed E-state index contributed by atoms with van der Waals surface area (Å²) in [7, 11) is -1.51. The first-order chi connectivity index (χ1) is 8.68. The van der Waals surface area contributed by atoms with Crippen molar-refractivity contribution in [3.63, 3.8) is 0 Å². The SMILES string of the molecule is O=S(c1cnns1)C(CC=C(F)F)c1ccco1. The van der Waals surface area contributed by atoms with Crippen LogP contribution in [0.2, 0.25) is 0 Å². The molecule has 0 amide bonds. The predicted molar refractivity (Wildman–Crippen MR) is 62.7 cm³/mol. The minimum Gasteiger partial charge on any atom is -0.468 e. The minimum atomic E-state index is -1.80. The Morgan fingerprint density at radius 2 is 2.44 bits per heavy atom. The molecule has 2 rings (SSSR count). The van der Waals surface area contributed by atoms with Gasteiger partial charge in [0.25, 0.3) is 6.08 Å². The summed E-state index contributed by atoms with van der Waals surface area (Å²) >= 11 is 0.980. The highest BCUT2D eigenvalue weighted by molar-refractivity contribution is 7.87. The van der Waals surface area contributed by atoms with Gasteiger partial charge in [-0.05, 0) is 36.2 Å². The third-order valence-electron chi connectivity index (χ3n) is 2.14. The van der Waals surface area contributed by atoms with Crippen LogP contribution in [-0.4, -0.2) is 13.8 Å². The molecule has 0 bridgehead atoms. The van der Waals surface area contributed by atoms with Gasteiger partial charge in [0.2, 0.25) is 0 Å². The lowest BCUT2D eigenvalue weighted by Gasteiger charge is -2.09. The van der Waals surface area contributed by atoms with Crippen molar-refractivity contribution in [2.45, 2.75) is 15.9 Å². The summed E-state index contributed by atoms with van der Waals surface area (Å²) in [6, 6.07) is 3.24. The van der Waals surface area contributed by atoms with Gasteiger partial charge in [-0.15, -0.1) is 5.10 Å². The molecule has 0 spiro atoms. The largest absolute Gasteiger partial charge is 0.468 e. The lowest BCUT2D eigenvalue weighted by molar-refractivity contribution is 0.415. The van der Waals surface area contributed by atoms with Crippen LogP contribution in [0.3, 0.4) is 0 Å². The van der Waals surface area contributed by atoms with Crippen molar-refractivity contribution in [3.05, 3.63) is 42.5 Å². The molecule has 2 heterocycles. The first-order valence-electron chi connectivity index (χ1n) is 4.91. The van der Waals surface area contributed by atoms with E-state index in [4.69, 9.17) is 4.42 Å². The lowest BCUT2D eigenvalue weighted by Crippen LogP contribution is -2.04. The number of aromatic nitrogens is 2. The molecule has 4 nitrogen and oxygen atoms in total. The standard InChI is InChI=1S/C10H8F2N2O2S2/c11-9(12)4-3-8(7-2-1-5-16-7)18(15)10-6-13-14-17-10/h1-2,4-6,8H,3H2. The van der Waals surface area contributed by atoms with Gasteiger partial charge < -0.3 is 4.42 Å². The summed E-state index contributed by atoms with van der Waals surface area (Å²) in [5.41, 5.74) is 0. The highest BCUT2D eigenvalue weighted by Crippen LogP contribution is 2.30. The highest BCUT2D eigenvalue weighted by atomic mass is 32.2. The number of hydrogen-bond donors (Lipinski definition) is 0. The zero-order valence-electron chi connectivity index (χ0n) is 8.95. The van der Waals surface area contributed by atoms with Crippen LogP contribution >= 0.6 is 11.5 Å². The molecule has 0 aromatic carbocycles. The van der Waals surface area contributed by atoms with Crippen LogP contribution in [-0.2, 0) is 10.8 Å². The predicted octanol–water partition coefficient (Wildman–Crippen LogP) is 3.15. The van der Waals surface area contributed by atoms with E-state index in [1.807, 2.05) is 0 Å². The van der Waals surface area contributed by atoms with E-state index in [1.165, 1.54) is 12.5 Å². The zero-order chi connectivity index (χ0) is 13.0. The van der Waals surface area contributed by atoms with Gasteiger partial charge in [-0.2, -0.15) is 8.78 Å². The Bertz CT molecular complexity index is 536. The van der Waals surface area contributed by atoms with Crippen LogP contribution < -0.4 is 0 Å². The Morgan fingerprint density at radius 1 is 1.61 bits per heavy atom. The van der Waals surface area contributed by atoms with Crippen LogP contribution in [0, 0.1) is 0 Å². The molecule has 2 aromatic heterocycles. The Balaban J connectivity index is 2.25. The van der Waals surface area contributed by atoms with Crippen molar-refractivity contribution in [2.24, 2.45) is 0 Å². The van der Waals surface area contributed by atoms with Crippen molar-refractivity contribution in [1.29, 1.82) is 0 Å². The molecule has 0 aliphatic carbocycles. The van der Waals surface area contributed by atoms with Gasteiger partial charge in [0.15, 0.2) is 0 Å². The summed E-state index contributed by atoms with van der Waals surface area (Å²) < 4.78 is 45.7. The Morgan fingerprint density at radius 3 is 3.00 bits per heavy atom. The van der Waals surface area contributed by atoms with Crippen molar-refractivity contribution in [1.82, 2.24) is 9.59 Å². The topological polar surface area (TPSA) is 56.0 Å². The molecular formula is C10H8F2N2O2S2. The molecule has 8 heteroatoms. The van der Waals surface area contributed by atoms with Gasteiger partial charge >= 0.3 is 0 Å². The summed E-state index contributed by atoms with van der Waals surface area (Å²) in [6.07, 6.45) is 1.65. The molecule has 2 atom stereocenters. The summed E-state index contributed by atoms with van der Waals surface area (Å²) in [6.45, 7) is 0. The van der Waals surface area contributed by atoms with Crippen molar-refractivity contribution in [3.8, 4) is 0 Å². The Kier molecular flexibility index (Phi) is 4.32. The number of hydrogen-bond acceptors (Lipinski definition) is 5. The van der Waals surface area contributed by atoms with Crippen LogP contribution in [0.5, 0.6) is 0 Å². The Labute approximate surface area is 108 Å². The van der Waals surface area contributed by atoms with Gasteiger partial charge in [-0.3, -0.25) is 4.21 Å². The van der Waals surface area contributed by atoms with E-state index in [-0.39, 0.29) is 6.42 Å². The number of nitrogens with zero attached hydrogens (tertiary/aromatic N) is 2. The van der Waals surface area contributed by atoms with E-state index in [0.29, 0.717) is 9.97 Å². The second-order valence-electron chi connectivity index (χ2n) is 3.27. The minimum absolute atomic E-state index is 0.0691. The third-order valence-corrected chi connectivity index (χ3v) is 4.77. The summed E-state index contributed by atoms with van der Waals surface area (Å²) in [5.74, 6) is 0.402. The third kappa shape index (κ3) is 3.08.